The number of rotatable bonds is 3. The van der Waals surface area contributed by atoms with Crippen LogP contribution in [0, 0.1) is 5.82 Å². The third-order valence-electron chi connectivity index (χ3n) is 4.14. The van der Waals surface area contributed by atoms with Crippen LogP contribution in [0.3, 0.4) is 0 Å². The Bertz CT molecular complexity index is 644. The predicted octanol–water partition coefficient (Wildman–Crippen LogP) is 3.38. The van der Waals surface area contributed by atoms with Crippen molar-refractivity contribution in [2.24, 2.45) is 0 Å². The molecular weight excluding hydrogens is 269 g/mol. The number of halogens is 1. The van der Waals surface area contributed by atoms with Gasteiger partial charge in [-0.1, -0.05) is 12.1 Å². The summed E-state index contributed by atoms with van der Waals surface area (Å²) in [4.78, 5) is 4.44. The first-order valence-corrected chi connectivity index (χ1v) is 7.16. The first kappa shape index (κ1) is 14.0. The first-order valence-electron chi connectivity index (χ1n) is 7.16. The largest absolute Gasteiger partial charge is 0.494 e. The van der Waals surface area contributed by atoms with Gasteiger partial charge in [-0.25, -0.2) is 4.39 Å². The number of nitrogens with zero attached hydrogens (tertiary/aromatic N) is 1. The third-order valence-corrected chi connectivity index (χ3v) is 4.14. The second kappa shape index (κ2) is 5.82. The highest BCUT2D eigenvalue weighted by molar-refractivity contribution is 5.35. The molecule has 2 atom stereocenters. The van der Waals surface area contributed by atoms with Gasteiger partial charge in [0.2, 0.25) is 0 Å². The van der Waals surface area contributed by atoms with Crippen LogP contribution < -0.4 is 4.74 Å². The maximum atomic E-state index is 13.5. The van der Waals surface area contributed by atoms with Gasteiger partial charge in [0.25, 0.3) is 0 Å². The molecule has 1 aliphatic carbocycles. The van der Waals surface area contributed by atoms with Crippen LogP contribution in [-0.4, -0.2) is 17.2 Å². The van der Waals surface area contributed by atoms with Crippen LogP contribution >= 0.6 is 0 Å². The Morgan fingerprint density at radius 2 is 2.24 bits per heavy atom. The SMILES string of the molecule is COc1cc(C(O)C2CCCc3cccnc32)ccc1F. The Balaban J connectivity index is 1.94. The molecule has 3 rings (SSSR count). The van der Waals surface area contributed by atoms with Crippen LogP contribution in [0.5, 0.6) is 5.75 Å². The molecule has 1 aliphatic rings. The number of hydrogen-bond acceptors (Lipinski definition) is 3. The van der Waals surface area contributed by atoms with E-state index in [1.165, 1.54) is 18.7 Å². The Labute approximate surface area is 123 Å². The summed E-state index contributed by atoms with van der Waals surface area (Å²) in [6, 6.07) is 8.50. The average Bonchev–Trinajstić information content (AvgIpc) is 2.54. The second-order valence-electron chi connectivity index (χ2n) is 5.39. The fourth-order valence-electron chi connectivity index (χ4n) is 3.05. The molecule has 0 fully saturated rings. The van der Waals surface area contributed by atoms with Crippen molar-refractivity contribution in [3.8, 4) is 5.75 Å². The lowest BCUT2D eigenvalue weighted by Crippen LogP contribution is -2.18. The van der Waals surface area contributed by atoms with E-state index in [9.17, 15) is 9.50 Å². The minimum Gasteiger partial charge on any atom is -0.494 e. The second-order valence-corrected chi connectivity index (χ2v) is 5.39. The summed E-state index contributed by atoms with van der Waals surface area (Å²) < 4.78 is 18.5. The maximum Gasteiger partial charge on any atom is 0.165 e. The fourth-order valence-corrected chi connectivity index (χ4v) is 3.05. The molecule has 0 amide bonds. The van der Waals surface area contributed by atoms with Crippen molar-refractivity contribution in [2.45, 2.75) is 31.3 Å². The van der Waals surface area contributed by atoms with E-state index >= 15 is 0 Å². The molecule has 0 bridgehead atoms. The zero-order chi connectivity index (χ0) is 14.8. The summed E-state index contributed by atoms with van der Waals surface area (Å²) in [6.07, 6.45) is 3.96. The minimum atomic E-state index is -0.701. The van der Waals surface area contributed by atoms with Gasteiger partial charge in [-0.3, -0.25) is 4.98 Å². The highest BCUT2D eigenvalue weighted by Crippen LogP contribution is 2.39. The van der Waals surface area contributed by atoms with Crippen LogP contribution in [0.15, 0.2) is 36.5 Å². The van der Waals surface area contributed by atoms with E-state index in [0.717, 1.165) is 25.0 Å². The Morgan fingerprint density at radius 3 is 3.05 bits per heavy atom. The van der Waals surface area contributed by atoms with Gasteiger partial charge in [-0.15, -0.1) is 0 Å². The summed E-state index contributed by atoms with van der Waals surface area (Å²) in [6.45, 7) is 0. The van der Waals surface area contributed by atoms with Crippen molar-refractivity contribution in [3.05, 3.63) is 59.2 Å². The zero-order valence-corrected chi connectivity index (χ0v) is 11.9. The van der Waals surface area contributed by atoms with Gasteiger partial charge in [-0.05, 0) is 48.6 Å². The molecule has 2 aromatic rings. The highest BCUT2D eigenvalue weighted by Gasteiger charge is 2.29. The molecule has 0 spiro atoms. The third kappa shape index (κ3) is 2.63. The van der Waals surface area contributed by atoms with E-state index in [1.807, 2.05) is 6.07 Å². The molecule has 1 heterocycles. The molecule has 21 heavy (non-hydrogen) atoms. The molecular formula is C17H18FNO2. The standard InChI is InChI=1S/C17H18FNO2/c1-21-15-10-12(7-8-14(15)18)17(20)13-6-2-4-11-5-3-9-19-16(11)13/h3,5,7-10,13,17,20H,2,4,6H2,1H3. The number of methoxy groups -OCH3 is 1. The van der Waals surface area contributed by atoms with Gasteiger partial charge in [0, 0.05) is 17.8 Å². The number of ether oxygens (including phenoxy) is 1. The molecule has 3 nitrogen and oxygen atoms in total. The summed E-state index contributed by atoms with van der Waals surface area (Å²) >= 11 is 0. The monoisotopic (exact) mass is 287 g/mol. The molecule has 110 valence electrons. The van der Waals surface area contributed by atoms with Crippen molar-refractivity contribution >= 4 is 0 Å². The lowest BCUT2D eigenvalue weighted by molar-refractivity contribution is 0.133. The summed E-state index contributed by atoms with van der Waals surface area (Å²) in [7, 11) is 1.42. The van der Waals surface area contributed by atoms with Gasteiger partial charge in [0.1, 0.15) is 0 Å². The summed E-state index contributed by atoms with van der Waals surface area (Å²) in [5, 5.41) is 10.7. The van der Waals surface area contributed by atoms with Crippen LogP contribution in [0.4, 0.5) is 4.39 Å². The molecule has 0 aliphatic heterocycles. The molecule has 2 unspecified atom stereocenters. The smallest absolute Gasteiger partial charge is 0.165 e. The quantitative estimate of drug-likeness (QED) is 0.941. The van der Waals surface area contributed by atoms with Crippen LogP contribution in [0.1, 0.15) is 41.7 Å². The summed E-state index contributed by atoms with van der Waals surface area (Å²) in [5.74, 6) is -0.315. The number of fused-ring (bicyclic) bond motifs is 1. The van der Waals surface area contributed by atoms with Gasteiger partial charge >= 0.3 is 0 Å². The van der Waals surface area contributed by atoms with E-state index in [1.54, 1.807) is 18.3 Å². The number of aryl methyl sites for hydroxylation is 1. The molecule has 1 aromatic carbocycles. The number of hydrogen-bond donors (Lipinski definition) is 1. The number of pyridine rings is 1. The van der Waals surface area contributed by atoms with Crippen molar-refractivity contribution in [3.63, 3.8) is 0 Å². The van der Waals surface area contributed by atoms with E-state index in [0.29, 0.717) is 5.56 Å². The topological polar surface area (TPSA) is 42.4 Å². The van der Waals surface area contributed by atoms with Crippen molar-refractivity contribution in [1.82, 2.24) is 4.98 Å². The lowest BCUT2D eigenvalue weighted by Gasteiger charge is -2.28. The zero-order valence-electron chi connectivity index (χ0n) is 11.9. The van der Waals surface area contributed by atoms with E-state index in [-0.39, 0.29) is 11.7 Å². The summed E-state index contributed by atoms with van der Waals surface area (Å²) in [5.41, 5.74) is 2.82. The van der Waals surface area contributed by atoms with Crippen molar-refractivity contribution < 1.29 is 14.2 Å². The normalized spacial score (nSPS) is 18.9. The number of benzene rings is 1. The van der Waals surface area contributed by atoms with Crippen LogP contribution in [0.2, 0.25) is 0 Å². The van der Waals surface area contributed by atoms with Crippen molar-refractivity contribution in [1.29, 1.82) is 0 Å². The first-order chi connectivity index (χ1) is 10.2. The van der Waals surface area contributed by atoms with Gasteiger partial charge in [0.15, 0.2) is 11.6 Å². The Kier molecular flexibility index (Phi) is 3.88. The molecule has 0 radical (unpaired) electrons. The fraction of sp³-hybridized carbons (Fsp3) is 0.353. The van der Waals surface area contributed by atoms with E-state index < -0.39 is 11.9 Å². The molecule has 0 saturated heterocycles. The average molecular weight is 287 g/mol. The van der Waals surface area contributed by atoms with Gasteiger partial charge < -0.3 is 9.84 Å². The minimum absolute atomic E-state index is 0.0508. The number of aromatic nitrogens is 1. The highest BCUT2D eigenvalue weighted by atomic mass is 19.1. The predicted molar refractivity (Wildman–Crippen MR) is 77.8 cm³/mol. The van der Waals surface area contributed by atoms with Gasteiger partial charge in [-0.2, -0.15) is 0 Å². The molecule has 1 aromatic heterocycles. The van der Waals surface area contributed by atoms with E-state index in [4.69, 9.17) is 4.74 Å². The number of aliphatic hydroxyl groups is 1. The van der Waals surface area contributed by atoms with Gasteiger partial charge in [0.05, 0.1) is 13.2 Å². The molecule has 0 saturated carbocycles. The molecule has 4 heteroatoms. The van der Waals surface area contributed by atoms with Crippen LogP contribution in [-0.2, 0) is 6.42 Å². The van der Waals surface area contributed by atoms with Crippen molar-refractivity contribution in [2.75, 3.05) is 7.11 Å². The molecule has 1 N–H and O–H groups in total. The lowest BCUT2D eigenvalue weighted by atomic mass is 9.81. The number of aliphatic hydroxyl groups excluding tert-OH is 1. The van der Waals surface area contributed by atoms with E-state index in [2.05, 4.69) is 11.1 Å². The van der Waals surface area contributed by atoms with Crippen LogP contribution in [0.25, 0.3) is 0 Å². The maximum absolute atomic E-state index is 13.5. The Morgan fingerprint density at radius 1 is 1.38 bits per heavy atom. The Hall–Kier alpha value is -1.94.